The number of hydrogen-bond acceptors (Lipinski definition) is 6. The monoisotopic (exact) mass is 463 g/mol. The predicted octanol–water partition coefficient (Wildman–Crippen LogP) is 3.51. The van der Waals surface area contributed by atoms with Crippen LogP contribution in [0.3, 0.4) is 0 Å². The molecule has 31 heavy (non-hydrogen) atoms. The van der Waals surface area contributed by atoms with Gasteiger partial charge < -0.3 is 25.4 Å². The summed E-state index contributed by atoms with van der Waals surface area (Å²) in [6.45, 7) is 6.98. The van der Waals surface area contributed by atoms with Crippen LogP contribution in [-0.2, 0) is 11.3 Å². The Bertz CT molecular complexity index is 982. The molecule has 3 N–H and O–H groups in total. The molecule has 0 aliphatic carbocycles. The lowest BCUT2D eigenvalue weighted by Crippen LogP contribution is -2.30. The number of esters is 1. The molecule has 1 aromatic carbocycles. The summed E-state index contributed by atoms with van der Waals surface area (Å²) >= 11 is 6.50. The van der Waals surface area contributed by atoms with Gasteiger partial charge in [-0.3, -0.25) is 4.79 Å². The SMILES string of the molecule is CCN(CC)C(=O)c1sc(NC(=S)NCc2ccc(C(=O)O)cc2)c(C(=O)OC)c1C. The van der Waals surface area contributed by atoms with Crippen molar-refractivity contribution < 1.29 is 24.2 Å². The Hall–Kier alpha value is -2.98. The third-order valence-corrected chi connectivity index (χ3v) is 6.10. The van der Waals surface area contributed by atoms with E-state index in [9.17, 15) is 14.4 Å². The first-order valence-corrected chi connectivity index (χ1v) is 10.8. The van der Waals surface area contributed by atoms with Crippen molar-refractivity contribution in [3.05, 3.63) is 51.4 Å². The fraction of sp³-hybridized carbons (Fsp3) is 0.333. The summed E-state index contributed by atoms with van der Waals surface area (Å²) in [5, 5.41) is 15.7. The van der Waals surface area contributed by atoms with E-state index in [0.29, 0.717) is 35.1 Å². The van der Waals surface area contributed by atoms with E-state index in [0.717, 1.165) is 16.9 Å². The molecule has 8 nitrogen and oxygen atoms in total. The Labute approximate surface area is 190 Å². The van der Waals surface area contributed by atoms with Crippen LogP contribution in [0.25, 0.3) is 0 Å². The van der Waals surface area contributed by atoms with E-state index in [1.165, 1.54) is 19.2 Å². The van der Waals surface area contributed by atoms with Crippen LogP contribution in [0.15, 0.2) is 24.3 Å². The minimum absolute atomic E-state index is 0.150. The zero-order valence-electron chi connectivity index (χ0n) is 17.8. The minimum Gasteiger partial charge on any atom is -0.478 e. The van der Waals surface area contributed by atoms with Crippen molar-refractivity contribution in [1.82, 2.24) is 10.2 Å². The Morgan fingerprint density at radius 3 is 2.29 bits per heavy atom. The molecule has 0 fully saturated rings. The molecule has 0 aliphatic heterocycles. The Morgan fingerprint density at radius 2 is 1.77 bits per heavy atom. The number of carboxylic acids is 1. The van der Waals surface area contributed by atoms with Gasteiger partial charge in [-0.15, -0.1) is 11.3 Å². The van der Waals surface area contributed by atoms with Crippen molar-refractivity contribution in [2.24, 2.45) is 0 Å². The van der Waals surface area contributed by atoms with Gasteiger partial charge in [-0.2, -0.15) is 0 Å². The summed E-state index contributed by atoms with van der Waals surface area (Å²) in [4.78, 5) is 38.3. The molecule has 166 valence electrons. The number of rotatable bonds is 8. The van der Waals surface area contributed by atoms with Gasteiger partial charge in [0.05, 0.1) is 23.1 Å². The van der Waals surface area contributed by atoms with Gasteiger partial charge >= 0.3 is 11.9 Å². The fourth-order valence-corrected chi connectivity index (χ4v) is 4.31. The largest absolute Gasteiger partial charge is 0.478 e. The normalized spacial score (nSPS) is 10.3. The summed E-state index contributed by atoms with van der Waals surface area (Å²) in [7, 11) is 1.28. The summed E-state index contributed by atoms with van der Waals surface area (Å²) in [5.74, 6) is -1.69. The highest BCUT2D eigenvalue weighted by molar-refractivity contribution is 7.80. The molecule has 1 aromatic heterocycles. The Balaban J connectivity index is 2.19. The molecule has 2 aromatic rings. The third kappa shape index (κ3) is 5.80. The number of thiophene rings is 1. The zero-order chi connectivity index (χ0) is 23.1. The molecule has 10 heteroatoms. The van der Waals surface area contributed by atoms with Crippen molar-refractivity contribution in [3.8, 4) is 0 Å². The number of nitrogens with one attached hydrogen (secondary N) is 2. The summed E-state index contributed by atoms with van der Waals surface area (Å²) < 4.78 is 4.90. The molecule has 0 spiro atoms. The average molecular weight is 464 g/mol. The molecule has 1 amide bonds. The van der Waals surface area contributed by atoms with E-state index < -0.39 is 11.9 Å². The molecule has 0 unspecified atom stereocenters. The standard InChI is InChI=1S/C21H25N3O5S2/c1-5-24(6-2)18(25)16-12(3)15(20(28)29-4)17(31-16)23-21(30)22-11-13-7-9-14(10-8-13)19(26)27/h7-10H,5-6,11H2,1-4H3,(H,26,27)(H2,22,23,30). The van der Waals surface area contributed by atoms with Gasteiger partial charge in [0.25, 0.3) is 5.91 Å². The number of anilines is 1. The molecule has 0 saturated heterocycles. The maximum Gasteiger partial charge on any atom is 0.341 e. The molecular weight excluding hydrogens is 438 g/mol. The quantitative estimate of drug-likeness (QED) is 0.403. The highest BCUT2D eigenvalue weighted by Crippen LogP contribution is 2.34. The van der Waals surface area contributed by atoms with E-state index in [2.05, 4.69) is 10.6 Å². The van der Waals surface area contributed by atoms with Gasteiger partial charge in [0.1, 0.15) is 5.00 Å². The Morgan fingerprint density at radius 1 is 1.16 bits per heavy atom. The molecule has 0 saturated carbocycles. The first kappa shape index (κ1) is 24.3. The van der Waals surface area contributed by atoms with Crippen LogP contribution >= 0.6 is 23.6 Å². The van der Waals surface area contributed by atoms with E-state index in [1.54, 1.807) is 24.0 Å². The number of carboxylic acid groups (broad SMARTS) is 1. The van der Waals surface area contributed by atoms with Gasteiger partial charge in [-0.05, 0) is 56.2 Å². The number of nitrogens with zero attached hydrogens (tertiary/aromatic N) is 1. The summed E-state index contributed by atoms with van der Waals surface area (Å²) in [5.41, 5.74) is 1.86. The number of ether oxygens (including phenoxy) is 1. The lowest BCUT2D eigenvalue weighted by atomic mass is 10.1. The number of amides is 1. The maximum atomic E-state index is 12.8. The van der Waals surface area contributed by atoms with E-state index in [4.69, 9.17) is 22.1 Å². The fourth-order valence-electron chi connectivity index (χ4n) is 2.90. The van der Waals surface area contributed by atoms with Crippen LogP contribution < -0.4 is 10.6 Å². The van der Waals surface area contributed by atoms with Gasteiger partial charge in [0.2, 0.25) is 0 Å². The number of thiocarbonyl (C=S) groups is 1. The van der Waals surface area contributed by atoms with Crippen LogP contribution in [0.5, 0.6) is 0 Å². The van der Waals surface area contributed by atoms with Crippen LogP contribution in [-0.4, -0.2) is 53.2 Å². The predicted molar refractivity (Wildman–Crippen MR) is 124 cm³/mol. The van der Waals surface area contributed by atoms with Crippen molar-refractivity contribution in [2.75, 3.05) is 25.5 Å². The van der Waals surface area contributed by atoms with Gasteiger partial charge in [0.15, 0.2) is 5.11 Å². The van der Waals surface area contributed by atoms with E-state index >= 15 is 0 Å². The highest BCUT2D eigenvalue weighted by Gasteiger charge is 2.27. The van der Waals surface area contributed by atoms with Crippen LogP contribution in [0, 0.1) is 6.92 Å². The number of benzene rings is 1. The second-order valence-electron chi connectivity index (χ2n) is 6.54. The molecule has 0 radical (unpaired) electrons. The van der Waals surface area contributed by atoms with Crippen molar-refractivity contribution in [3.63, 3.8) is 0 Å². The second kappa shape index (κ2) is 10.9. The molecule has 0 bridgehead atoms. The minimum atomic E-state index is -0.991. The second-order valence-corrected chi connectivity index (χ2v) is 7.97. The number of carbonyl (C=O) groups excluding carboxylic acids is 2. The lowest BCUT2D eigenvalue weighted by molar-refractivity contribution is 0.0600. The first-order chi connectivity index (χ1) is 14.7. The number of aromatic carboxylic acids is 1. The number of hydrogen-bond donors (Lipinski definition) is 3. The molecular formula is C21H25N3O5S2. The molecule has 0 aliphatic rings. The van der Waals surface area contributed by atoms with Crippen LogP contribution in [0.2, 0.25) is 0 Å². The summed E-state index contributed by atoms with van der Waals surface area (Å²) in [6.07, 6.45) is 0. The van der Waals surface area contributed by atoms with Crippen molar-refractivity contribution >= 4 is 51.5 Å². The van der Waals surface area contributed by atoms with Gasteiger partial charge in [-0.1, -0.05) is 12.1 Å². The van der Waals surface area contributed by atoms with Gasteiger partial charge in [-0.25, -0.2) is 9.59 Å². The van der Waals surface area contributed by atoms with Crippen molar-refractivity contribution in [1.29, 1.82) is 0 Å². The smallest absolute Gasteiger partial charge is 0.341 e. The van der Waals surface area contributed by atoms with E-state index in [1.807, 2.05) is 13.8 Å². The van der Waals surface area contributed by atoms with Crippen LogP contribution in [0.1, 0.15) is 55.4 Å². The lowest BCUT2D eigenvalue weighted by Gasteiger charge is -2.17. The Kier molecular flexibility index (Phi) is 8.52. The third-order valence-electron chi connectivity index (χ3n) is 4.66. The maximum absolute atomic E-state index is 12.8. The molecule has 2 rings (SSSR count). The number of carbonyl (C=O) groups is 3. The van der Waals surface area contributed by atoms with Crippen molar-refractivity contribution in [2.45, 2.75) is 27.3 Å². The molecule has 1 heterocycles. The first-order valence-electron chi connectivity index (χ1n) is 9.61. The summed E-state index contributed by atoms with van der Waals surface area (Å²) in [6, 6.07) is 6.40. The number of methoxy groups -OCH3 is 1. The molecule has 0 atom stereocenters. The van der Waals surface area contributed by atoms with Crippen LogP contribution in [0.4, 0.5) is 5.00 Å². The zero-order valence-corrected chi connectivity index (χ0v) is 19.4. The van der Waals surface area contributed by atoms with Gasteiger partial charge in [0, 0.05) is 19.6 Å². The highest BCUT2D eigenvalue weighted by atomic mass is 32.1. The average Bonchev–Trinajstić information content (AvgIpc) is 3.08. The van der Waals surface area contributed by atoms with E-state index in [-0.39, 0.29) is 22.1 Å². The topological polar surface area (TPSA) is 108 Å².